The summed E-state index contributed by atoms with van der Waals surface area (Å²) in [5.74, 6) is 1.65. The van der Waals surface area contributed by atoms with Gasteiger partial charge in [-0.25, -0.2) is 18.9 Å². The standard InChI is InChI=1S/C22H23FN5O2/c23-14-3-4-15-19(9-14)30-11-18(28-5-7-29-8-6-28)20(15)27-22-16-10-17(13-1-2-13)26-21(16)24-12-25-22/h3-4,9-10,12-13,20H,1-2,5-8,11H2,(H2,24,25,26,27)/q+1/t20-/m0/s1. The van der Waals surface area contributed by atoms with E-state index in [4.69, 9.17) is 9.47 Å². The van der Waals surface area contributed by atoms with Gasteiger partial charge in [-0.15, -0.1) is 0 Å². The fraction of sp³-hybridized carbons (Fsp3) is 0.409. The Labute approximate surface area is 172 Å². The van der Waals surface area contributed by atoms with Crippen LogP contribution in [0.4, 0.5) is 10.2 Å². The van der Waals surface area contributed by atoms with Crippen molar-refractivity contribution in [2.45, 2.75) is 24.8 Å². The molecule has 1 aliphatic carbocycles. The molecule has 2 aliphatic heterocycles. The molecule has 0 spiro atoms. The zero-order valence-electron chi connectivity index (χ0n) is 16.5. The van der Waals surface area contributed by atoms with Crippen LogP contribution in [0.15, 0.2) is 30.6 Å². The number of hydrogen-bond donors (Lipinski definition) is 2. The highest BCUT2D eigenvalue weighted by atomic mass is 19.1. The topological polar surface area (TPSA) is 75.1 Å². The van der Waals surface area contributed by atoms with Gasteiger partial charge in [0.25, 0.3) is 0 Å². The maximum absolute atomic E-state index is 13.8. The van der Waals surface area contributed by atoms with Gasteiger partial charge < -0.3 is 19.8 Å². The number of morpholine rings is 1. The van der Waals surface area contributed by atoms with Crippen molar-refractivity contribution in [2.24, 2.45) is 0 Å². The first kappa shape index (κ1) is 17.8. The van der Waals surface area contributed by atoms with Crippen molar-refractivity contribution in [2.75, 3.05) is 38.2 Å². The van der Waals surface area contributed by atoms with Crippen LogP contribution in [0.2, 0.25) is 0 Å². The molecule has 1 saturated carbocycles. The smallest absolute Gasteiger partial charge is 0.217 e. The monoisotopic (exact) mass is 408 g/mol. The summed E-state index contributed by atoms with van der Waals surface area (Å²) in [5, 5.41) is 4.61. The molecule has 1 saturated heterocycles. The molecule has 4 heterocycles. The van der Waals surface area contributed by atoms with E-state index in [9.17, 15) is 4.39 Å². The molecule has 30 heavy (non-hydrogen) atoms. The van der Waals surface area contributed by atoms with Gasteiger partial charge in [0.15, 0.2) is 19.7 Å². The minimum absolute atomic E-state index is 0.162. The van der Waals surface area contributed by atoms with E-state index in [0.717, 1.165) is 41.2 Å². The Balaban J connectivity index is 1.44. The summed E-state index contributed by atoms with van der Waals surface area (Å²) in [6.07, 6.45) is 4.02. The predicted octanol–water partition coefficient (Wildman–Crippen LogP) is 3.00. The van der Waals surface area contributed by atoms with Gasteiger partial charge in [-0.1, -0.05) is 0 Å². The Bertz CT molecular complexity index is 1150. The second-order valence-electron chi connectivity index (χ2n) is 8.12. The molecule has 1 aromatic carbocycles. The largest absolute Gasteiger partial charge is 0.482 e. The number of halogens is 1. The lowest BCUT2D eigenvalue weighted by Gasteiger charge is -2.28. The Morgan fingerprint density at radius 3 is 2.83 bits per heavy atom. The second-order valence-corrected chi connectivity index (χ2v) is 8.12. The van der Waals surface area contributed by atoms with E-state index in [1.54, 1.807) is 12.4 Å². The number of aromatic nitrogens is 3. The van der Waals surface area contributed by atoms with Crippen LogP contribution in [0.25, 0.3) is 11.0 Å². The van der Waals surface area contributed by atoms with Crippen LogP contribution in [0.3, 0.4) is 0 Å². The normalized spacial score (nSPS) is 21.4. The molecule has 0 bridgehead atoms. The summed E-state index contributed by atoms with van der Waals surface area (Å²) in [5.41, 5.74) is 4.09. The molecule has 2 fully saturated rings. The molecule has 154 valence electrons. The van der Waals surface area contributed by atoms with Crippen LogP contribution in [0, 0.1) is 5.82 Å². The van der Waals surface area contributed by atoms with Gasteiger partial charge in [0, 0.05) is 17.3 Å². The Morgan fingerprint density at radius 2 is 2.00 bits per heavy atom. The number of H-pyrrole nitrogens is 1. The van der Waals surface area contributed by atoms with Gasteiger partial charge in [0.2, 0.25) is 5.71 Å². The van der Waals surface area contributed by atoms with Gasteiger partial charge in [-0.05, 0) is 37.0 Å². The Hall–Kier alpha value is -3.00. The van der Waals surface area contributed by atoms with E-state index in [0.29, 0.717) is 31.5 Å². The van der Waals surface area contributed by atoms with E-state index < -0.39 is 0 Å². The Morgan fingerprint density at radius 1 is 1.13 bits per heavy atom. The summed E-state index contributed by atoms with van der Waals surface area (Å²) in [7, 11) is 0. The number of nitrogens with one attached hydrogen (secondary N) is 2. The third kappa shape index (κ3) is 3.11. The zero-order valence-corrected chi connectivity index (χ0v) is 16.5. The van der Waals surface area contributed by atoms with Gasteiger partial charge in [0.1, 0.15) is 48.6 Å². The van der Waals surface area contributed by atoms with Crippen molar-refractivity contribution in [1.29, 1.82) is 0 Å². The van der Waals surface area contributed by atoms with E-state index in [1.807, 2.05) is 0 Å². The number of rotatable bonds is 3. The summed E-state index contributed by atoms with van der Waals surface area (Å²) in [6, 6.07) is 6.74. The highest BCUT2D eigenvalue weighted by Gasteiger charge is 2.36. The predicted molar refractivity (Wildman–Crippen MR) is 110 cm³/mol. The van der Waals surface area contributed by atoms with Crippen LogP contribution >= 0.6 is 0 Å². The maximum atomic E-state index is 13.8. The molecule has 0 radical (unpaired) electrons. The molecule has 6 rings (SSSR count). The number of fused-ring (bicyclic) bond motifs is 2. The van der Waals surface area contributed by atoms with Crippen LogP contribution in [0.5, 0.6) is 5.75 Å². The fourth-order valence-corrected chi connectivity index (χ4v) is 4.40. The van der Waals surface area contributed by atoms with Gasteiger partial charge in [0.05, 0.1) is 5.39 Å². The number of ether oxygens (including phenoxy) is 2. The summed E-state index contributed by atoms with van der Waals surface area (Å²) >= 11 is 0. The Kier molecular flexibility index (Phi) is 4.19. The van der Waals surface area contributed by atoms with E-state index >= 15 is 0 Å². The quantitative estimate of drug-likeness (QED) is 0.652. The molecular weight excluding hydrogens is 385 g/mol. The van der Waals surface area contributed by atoms with Gasteiger partial charge in [-0.2, -0.15) is 0 Å². The molecule has 2 aromatic heterocycles. The summed E-state index contributed by atoms with van der Waals surface area (Å²) in [4.78, 5) is 12.4. The third-order valence-electron chi connectivity index (χ3n) is 6.16. The van der Waals surface area contributed by atoms with E-state index in [2.05, 4.69) is 30.9 Å². The first-order valence-corrected chi connectivity index (χ1v) is 10.5. The number of aromatic amines is 1. The average Bonchev–Trinajstić information content (AvgIpc) is 3.53. The number of nitrogens with zero attached hydrogens (tertiary/aromatic N) is 3. The zero-order chi connectivity index (χ0) is 20.1. The first-order chi connectivity index (χ1) is 14.8. The minimum Gasteiger partial charge on any atom is -0.482 e. The molecule has 8 heteroatoms. The lowest BCUT2D eigenvalue weighted by atomic mass is 9.97. The number of anilines is 1. The van der Waals surface area contributed by atoms with Gasteiger partial charge >= 0.3 is 0 Å². The van der Waals surface area contributed by atoms with Crippen molar-refractivity contribution in [3.63, 3.8) is 0 Å². The average molecular weight is 408 g/mol. The van der Waals surface area contributed by atoms with Crippen LogP contribution in [-0.4, -0.2) is 58.1 Å². The maximum Gasteiger partial charge on any atom is 0.217 e. The second kappa shape index (κ2) is 7.05. The minimum atomic E-state index is -0.300. The van der Waals surface area contributed by atoms with Crippen molar-refractivity contribution >= 4 is 22.6 Å². The molecule has 3 aromatic rings. The molecule has 2 N–H and O–H groups in total. The number of benzene rings is 1. The van der Waals surface area contributed by atoms with E-state index in [-0.39, 0.29) is 11.9 Å². The molecule has 1 atom stereocenters. The van der Waals surface area contributed by atoms with Gasteiger partial charge in [-0.3, -0.25) is 0 Å². The van der Waals surface area contributed by atoms with Crippen molar-refractivity contribution < 1.29 is 18.4 Å². The number of hydrogen-bond acceptors (Lipinski definition) is 5. The molecule has 7 nitrogen and oxygen atoms in total. The van der Waals surface area contributed by atoms with Crippen molar-refractivity contribution in [3.05, 3.63) is 47.7 Å². The summed E-state index contributed by atoms with van der Waals surface area (Å²) < 4.78 is 27.6. The highest BCUT2D eigenvalue weighted by molar-refractivity contribution is 5.95. The molecule has 3 aliphatic rings. The fourth-order valence-electron chi connectivity index (χ4n) is 4.40. The van der Waals surface area contributed by atoms with Crippen molar-refractivity contribution in [3.8, 4) is 5.75 Å². The first-order valence-electron chi connectivity index (χ1n) is 10.5. The van der Waals surface area contributed by atoms with Crippen LogP contribution in [0.1, 0.15) is 36.1 Å². The van der Waals surface area contributed by atoms with Crippen molar-refractivity contribution in [1.82, 2.24) is 15.0 Å². The molecular formula is C22H23FN5O2+. The molecule has 0 amide bonds. The SMILES string of the molecule is Fc1ccc2c(c1)OCC(=[N+]1CCOCC1)[C@H]2Nc1ncnc2[nH]c(C3CC3)cc12. The third-order valence-corrected chi connectivity index (χ3v) is 6.16. The molecule has 0 unspecified atom stereocenters. The van der Waals surface area contributed by atoms with E-state index in [1.165, 1.54) is 30.7 Å². The lowest BCUT2D eigenvalue weighted by Crippen LogP contribution is -2.42. The van der Waals surface area contributed by atoms with Crippen LogP contribution in [-0.2, 0) is 4.74 Å². The highest BCUT2D eigenvalue weighted by Crippen LogP contribution is 2.41. The van der Waals surface area contributed by atoms with Crippen LogP contribution < -0.4 is 10.1 Å². The summed E-state index contributed by atoms with van der Waals surface area (Å²) in [6.45, 7) is 3.40. The lowest BCUT2D eigenvalue weighted by molar-refractivity contribution is -0.552.